The van der Waals surface area contributed by atoms with Crippen LogP contribution in [-0.4, -0.2) is 29.6 Å². The lowest BCUT2D eigenvalue weighted by molar-refractivity contribution is -0.115. The first-order chi connectivity index (χ1) is 14.3. The van der Waals surface area contributed by atoms with Crippen molar-refractivity contribution in [1.29, 1.82) is 0 Å². The second kappa shape index (κ2) is 7.45. The summed E-state index contributed by atoms with van der Waals surface area (Å²) in [6.07, 6.45) is 13.8. The van der Waals surface area contributed by atoms with E-state index in [0.29, 0.717) is 22.9 Å². The van der Waals surface area contributed by atoms with Crippen LogP contribution in [0.25, 0.3) is 0 Å². The number of aliphatic hydroxyl groups is 1. The topological polar surface area (TPSA) is 41.5 Å². The van der Waals surface area contributed by atoms with Crippen LogP contribution in [-0.2, 0) is 4.74 Å². The highest BCUT2D eigenvalue weighted by atomic mass is 35.5. The number of hydrogen-bond acceptors (Lipinski definition) is 3. The van der Waals surface area contributed by atoms with Crippen LogP contribution >= 0.6 is 12.4 Å². The first-order valence-corrected chi connectivity index (χ1v) is 13.1. The predicted molar refractivity (Wildman–Crippen MR) is 127 cm³/mol. The molecule has 31 heavy (non-hydrogen) atoms. The molecule has 2 heterocycles. The molecule has 3 nitrogen and oxygen atoms in total. The lowest BCUT2D eigenvalue weighted by atomic mass is 9.47. The number of hydrogen-bond donors (Lipinski definition) is 2. The Bertz CT molecular complexity index is 746. The van der Waals surface area contributed by atoms with Gasteiger partial charge in [0.15, 0.2) is 0 Å². The summed E-state index contributed by atoms with van der Waals surface area (Å²) in [5.74, 6) is 4.58. The fraction of sp³-hybridized carbons (Fsp3) is 0.926. The quantitative estimate of drug-likeness (QED) is 0.465. The van der Waals surface area contributed by atoms with Gasteiger partial charge in [0, 0.05) is 12.5 Å². The molecule has 0 aromatic heterocycles. The molecule has 1 unspecified atom stereocenters. The van der Waals surface area contributed by atoms with E-state index in [1.54, 1.807) is 5.57 Å². The van der Waals surface area contributed by atoms with Gasteiger partial charge in [0.05, 0.1) is 12.2 Å². The molecule has 6 aliphatic rings. The highest BCUT2D eigenvalue weighted by Gasteiger charge is 2.68. The summed E-state index contributed by atoms with van der Waals surface area (Å²) in [6.45, 7) is 11.2. The maximum atomic E-state index is 10.3. The highest BCUT2D eigenvalue weighted by Crippen LogP contribution is 2.70. The zero-order chi connectivity index (χ0) is 20.9. The van der Waals surface area contributed by atoms with Gasteiger partial charge in [-0.05, 0) is 98.2 Å². The molecule has 11 atom stereocenters. The van der Waals surface area contributed by atoms with Crippen molar-refractivity contribution in [3.05, 3.63) is 11.6 Å². The zero-order valence-electron chi connectivity index (χ0n) is 20.0. The number of rotatable bonds is 0. The van der Waals surface area contributed by atoms with Crippen molar-refractivity contribution in [3.63, 3.8) is 0 Å². The molecule has 2 aliphatic heterocycles. The number of allylic oxidation sites excluding steroid dienone is 1. The largest absolute Gasteiger partial charge is 0.393 e. The Morgan fingerprint density at radius 3 is 2.61 bits per heavy atom. The van der Waals surface area contributed by atoms with E-state index < -0.39 is 0 Å². The third-order valence-corrected chi connectivity index (χ3v) is 11.6. The summed E-state index contributed by atoms with van der Waals surface area (Å²) < 4.78 is 7.00. The van der Waals surface area contributed by atoms with Gasteiger partial charge in [0.1, 0.15) is 5.72 Å². The number of halogens is 1. The third kappa shape index (κ3) is 3.01. The molecule has 0 bridgehead atoms. The number of fused-ring (bicyclic) bond motifs is 7. The monoisotopic (exact) mass is 449 g/mol. The number of piperidine rings is 1. The summed E-state index contributed by atoms with van der Waals surface area (Å²) in [7, 11) is 0. The van der Waals surface area contributed by atoms with E-state index in [1.165, 1.54) is 44.9 Å². The normalized spacial score (nSPS) is 57.9. The molecule has 4 aliphatic carbocycles. The van der Waals surface area contributed by atoms with Gasteiger partial charge in [-0.1, -0.05) is 39.3 Å². The van der Waals surface area contributed by atoms with Crippen LogP contribution in [0, 0.1) is 46.3 Å². The number of nitrogens with one attached hydrogen (secondary N) is 1. The van der Waals surface area contributed by atoms with E-state index in [4.69, 9.17) is 4.74 Å². The van der Waals surface area contributed by atoms with E-state index in [1.807, 2.05) is 0 Å². The molecule has 6 rings (SSSR count). The second-order valence-electron chi connectivity index (χ2n) is 12.8. The van der Waals surface area contributed by atoms with Gasteiger partial charge in [-0.25, -0.2) is 0 Å². The SMILES string of the molecule is C[C@@H]1CCC2(NC1)O[C@H]1C[C@H]3[C@@H]4CC=C5C[C@@H](O)CC[C@]5(C)[C@H]4CC[C@]3(C)[C@H]1[C@@H]2C.Cl. The van der Waals surface area contributed by atoms with Gasteiger partial charge in [0.25, 0.3) is 0 Å². The van der Waals surface area contributed by atoms with Crippen molar-refractivity contribution < 1.29 is 9.84 Å². The summed E-state index contributed by atoms with van der Waals surface area (Å²) in [4.78, 5) is 0. The van der Waals surface area contributed by atoms with Crippen molar-refractivity contribution in [2.24, 2.45) is 46.3 Å². The molecule has 3 saturated carbocycles. The van der Waals surface area contributed by atoms with Crippen molar-refractivity contribution in [2.75, 3.05) is 6.54 Å². The molecule has 4 heteroatoms. The van der Waals surface area contributed by atoms with Crippen LogP contribution in [0.2, 0.25) is 0 Å². The highest BCUT2D eigenvalue weighted by molar-refractivity contribution is 5.85. The number of ether oxygens (including phenoxy) is 1. The average molecular weight is 450 g/mol. The second-order valence-corrected chi connectivity index (χ2v) is 12.8. The van der Waals surface area contributed by atoms with Gasteiger partial charge in [-0.3, -0.25) is 5.32 Å². The summed E-state index contributed by atoms with van der Waals surface area (Å²) in [5.41, 5.74) is 2.33. The van der Waals surface area contributed by atoms with E-state index in [2.05, 4.69) is 39.1 Å². The molecule has 2 saturated heterocycles. The Balaban J connectivity index is 0.00000204. The maximum absolute atomic E-state index is 10.3. The third-order valence-electron chi connectivity index (χ3n) is 11.6. The van der Waals surface area contributed by atoms with Crippen molar-refractivity contribution in [3.8, 4) is 0 Å². The zero-order valence-corrected chi connectivity index (χ0v) is 20.8. The lowest BCUT2D eigenvalue weighted by Gasteiger charge is -2.58. The van der Waals surface area contributed by atoms with E-state index >= 15 is 0 Å². The van der Waals surface area contributed by atoms with Gasteiger partial charge < -0.3 is 9.84 Å². The lowest BCUT2D eigenvalue weighted by Crippen LogP contribution is -2.57. The standard InChI is InChI=1S/C27H43NO2.ClH/c1-16-7-12-27(28-15-16)17(2)24-23(30-27)14-22-20-6-5-18-13-19(29)8-10-25(18,3)21(20)9-11-26(22,24)4;/h5,16-17,19-24,28-29H,6-15H2,1-4H3;1H/t16-,17+,19+,20-,21+,22+,23+,24+,25+,26+,27?;/m1./s1. The van der Waals surface area contributed by atoms with E-state index in [0.717, 1.165) is 49.0 Å². The first-order valence-electron chi connectivity index (χ1n) is 13.1. The molecule has 0 radical (unpaired) electrons. The molecule has 0 aromatic rings. The molecule has 176 valence electrons. The van der Waals surface area contributed by atoms with Crippen molar-refractivity contribution in [1.82, 2.24) is 5.32 Å². The molecular formula is C27H44ClNO2. The summed E-state index contributed by atoms with van der Waals surface area (Å²) in [5, 5.41) is 14.1. The molecule has 0 amide bonds. The van der Waals surface area contributed by atoms with Crippen molar-refractivity contribution >= 4 is 12.4 Å². The first kappa shape index (κ1) is 22.7. The van der Waals surface area contributed by atoms with Crippen LogP contribution < -0.4 is 5.32 Å². The Hall–Kier alpha value is -0.0900. The minimum atomic E-state index is -0.100. The fourth-order valence-corrected chi connectivity index (χ4v) is 9.84. The van der Waals surface area contributed by atoms with Crippen LogP contribution in [0.4, 0.5) is 0 Å². The Morgan fingerprint density at radius 1 is 1.06 bits per heavy atom. The summed E-state index contributed by atoms with van der Waals surface area (Å²) >= 11 is 0. The van der Waals surface area contributed by atoms with E-state index in [9.17, 15) is 5.11 Å². The molecule has 1 spiro atoms. The number of aliphatic hydroxyl groups excluding tert-OH is 1. The smallest absolute Gasteiger partial charge is 0.122 e. The van der Waals surface area contributed by atoms with Gasteiger partial charge in [-0.15, -0.1) is 12.4 Å². The van der Waals surface area contributed by atoms with Gasteiger partial charge >= 0.3 is 0 Å². The molecule has 0 aromatic carbocycles. The Morgan fingerprint density at radius 2 is 1.87 bits per heavy atom. The molecule has 5 fully saturated rings. The molecular weight excluding hydrogens is 406 g/mol. The van der Waals surface area contributed by atoms with Gasteiger partial charge in [0.2, 0.25) is 0 Å². The van der Waals surface area contributed by atoms with Crippen molar-refractivity contribution in [2.45, 2.75) is 103 Å². The Kier molecular flexibility index (Phi) is 5.46. The van der Waals surface area contributed by atoms with Crippen LogP contribution in [0.1, 0.15) is 85.5 Å². The predicted octanol–water partition coefficient (Wildman–Crippen LogP) is 5.71. The maximum Gasteiger partial charge on any atom is 0.122 e. The minimum absolute atomic E-state index is 0. The Labute approximate surface area is 195 Å². The fourth-order valence-electron chi connectivity index (χ4n) is 9.84. The average Bonchev–Trinajstić information content (AvgIpc) is 3.16. The van der Waals surface area contributed by atoms with Crippen LogP contribution in [0.15, 0.2) is 11.6 Å². The van der Waals surface area contributed by atoms with E-state index in [-0.39, 0.29) is 24.2 Å². The van der Waals surface area contributed by atoms with Crippen LogP contribution in [0.5, 0.6) is 0 Å². The summed E-state index contributed by atoms with van der Waals surface area (Å²) in [6, 6.07) is 0. The van der Waals surface area contributed by atoms with Gasteiger partial charge in [-0.2, -0.15) is 0 Å². The minimum Gasteiger partial charge on any atom is -0.393 e. The van der Waals surface area contributed by atoms with Crippen LogP contribution in [0.3, 0.4) is 0 Å². The molecule has 2 N–H and O–H groups in total.